The lowest BCUT2D eigenvalue weighted by Crippen LogP contribution is -2.43. The molecule has 0 saturated heterocycles. The molecule has 1 atom stereocenters. The van der Waals surface area contributed by atoms with Gasteiger partial charge in [0.15, 0.2) is 11.5 Å². The van der Waals surface area contributed by atoms with Crippen LogP contribution in [0.4, 0.5) is 0 Å². The van der Waals surface area contributed by atoms with Crippen molar-refractivity contribution in [2.45, 2.75) is 39.8 Å². The van der Waals surface area contributed by atoms with E-state index in [1.165, 1.54) is 0 Å². The Labute approximate surface area is 126 Å². The van der Waals surface area contributed by atoms with Crippen LogP contribution in [0, 0.1) is 5.92 Å². The third kappa shape index (κ3) is 3.88. The third-order valence-corrected chi connectivity index (χ3v) is 3.55. The van der Waals surface area contributed by atoms with Gasteiger partial charge in [0.25, 0.3) is 0 Å². The van der Waals surface area contributed by atoms with Gasteiger partial charge >= 0.3 is 0 Å². The molecular formula is C16H24N2O3. The van der Waals surface area contributed by atoms with Gasteiger partial charge in [-0.05, 0) is 37.0 Å². The summed E-state index contributed by atoms with van der Waals surface area (Å²) in [5.41, 5.74) is 7.02. The summed E-state index contributed by atoms with van der Waals surface area (Å²) in [5.74, 6) is 1.91. The van der Waals surface area contributed by atoms with Crippen molar-refractivity contribution in [2.75, 3.05) is 13.3 Å². The number of nitrogens with zero attached hydrogens (tertiary/aromatic N) is 1. The number of carbonyl (C=O) groups excluding carboxylic acids is 1. The van der Waals surface area contributed by atoms with E-state index in [9.17, 15) is 4.79 Å². The Bertz CT molecular complexity index is 502. The number of fused-ring (bicyclic) bond motifs is 1. The maximum absolute atomic E-state index is 12.4. The molecule has 1 aromatic carbocycles. The number of nitrogens with two attached hydrogens (primary N) is 1. The molecule has 21 heavy (non-hydrogen) atoms. The number of rotatable bonds is 6. The minimum absolute atomic E-state index is 0.00358. The van der Waals surface area contributed by atoms with E-state index < -0.39 is 6.04 Å². The summed E-state index contributed by atoms with van der Waals surface area (Å²) < 4.78 is 10.7. The fourth-order valence-electron chi connectivity index (χ4n) is 2.45. The second-order valence-electron chi connectivity index (χ2n) is 5.78. The van der Waals surface area contributed by atoms with Gasteiger partial charge in [-0.2, -0.15) is 0 Å². The molecule has 0 aliphatic carbocycles. The van der Waals surface area contributed by atoms with E-state index in [0.717, 1.165) is 17.1 Å². The zero-order valence-corrected chi connectivity index (χ0v) is 13.0. The molecule has 2 N–H and O–H groups in total. The Morgan fingerprint density at radius 3 is 2.71 bits per heavy atom. The average Bonchev–Trinajstić information content (AvgIpc) is 2.90. The molecule has 1 heterocycles. The van der Waals surface area contributed by atoms with Crippen LogP contribution >= 0.6 is 0 Å². The number of hydrogen-bond donors (Lipinski definition) is 1. The molecule has 2 rings (SSSR count). The second kappa shape index (κ2) is 6.80. The normalized spacial score (nSPS) is 14.3. The smallest absolute Gasteiger partial charge is 0.239 e. The van der Waals surface area contributed by atoms with Gasteiger partial charge in [-0.25, -0.2) is 0 Å². The molecule has 1 amide bonds. The topological polar surface area (TPSA) is 64.8 Å². The quantitative estimate of drug-likeness (QED) is 0.872. The van der Waals surface area contributed by atoms with Crippen molar-refractivity contribution in [1.29, 1.82) is 0 Å². The SMILES string of the molecule is CCN(Cc1ccc2c(c1)OCO2)C(=O)[C@@H](N)CC(C)C. The van der Waals surface area contributed by atoms with Crippen LogP contribution < -0.4 is 15.2 Å². The minimum atomic E-state index is -0.432. The Morgan fingerprint density at radius 2 is 2.05 bits per heavy atom. The molecule has 0 saturated carbocycles. The highest BCUT2D eigenvalue weighted by Gasteiger charge is 2.22. The van der Waals surface area contributed by atoms with Gasteiger partial charge in [0.05, 0.1) is 6.04 Å². The molecular weight excluding hydrogens is 268 g/mol. The average molecular weight is 292 g/mol. The van der Waals surface area contributed by atoms with Crippen LogP contribution in [0.5, 0.6) is 11.5 Å². The van der Waals surface area contributed by atoms with E-state index in [4.69, 9.17) is 15.2 Å². The maximum Gasteiger partial charge on any atom is 0.239 e. The fourth-order valence-corrected chi connectivity index (χ4v) is 2.45. The number of benzene rings is 1. The van der Waals surface area contributed by atoms with Gasteiger partial charge in [-0.1, -0.05) is 19.9 Å². The summed E-state index contributed by atoms with van der Waals surface area (Å²) in [6.07, 6.45) is 0.705. The summed E-state index contributed by atoms with van der Waals surface area (Å²) in [4.78, 5) is 14.2. The fraction of sp³-hybridized carbons (Fsp3) is 0.562. The lowest BCUT2D eigenvalue weighted by Gasteiger charge is -2.25. The molecule has 5 nitrogen and oxygen atoms in total. The molecule has 0 unspecified atom stereocenters. The summed E-state index contributed by atoms with van der Waals surface area (Å²) >= 11 is 0. The van der Waals surface area contributed by atoms with Gasteiger partial charge < -0.3 is 20.1 Å². The van der Waals surface area contributed by atoms with Crippen molar-refractivity contribution in [2.24, 2.45) is 11.7 Å². The largest absolute Gasteiger partial charge is 0.454 e. The Balaban J connectivity index is 2.03. The summed E-state index contributed by atoms with van der Waals surface area (Å²) in [5, 5.41) is 0. The predicted molar refractivity (Wildman–Crippen MR) is 81.1 cm³/mol. The van der Waals surface area contributed by atoms with Gasteiger partial charge in [0, 0.05) is 13.1 Å². The first kappa shape index (κ1) is 15.6. The van der Waals surface area contributed by atoms with Gasteiger partial charge in [0.1, 0.15) is 0 Å². The zero-order chi connectivity index (χ0) is 15.4. The first-order chi connectivity index (χ1) is 10.0. The van der Waals surface area contributed by atoms with Crippen LogP contribution in [0.2, 0.25) is 0 Å². The number of hydrogen-bond acceptors (Lipinski definition) is 4. The van der Waals surface area contributed by atoms with Crippen molar-refractivity contribution in [3.05, 3.63) is 23.8 Å². The first-order valence-corrected chi connectivity index (χ1v) is 7.44. The lowest BCUT2D eigenvalue weighted by atomic mass is 10.0. The molecule has 0 radical (unpaired) electrons. The first-order valence-electron chi connectivity index (χ1n) is 7.44. The molecule has 0 aromatic heterocycles. The van der Waals surface area contributed by atoms with E-state index in [1.54, 1.807) is 4.90 Å². The Hall–Kier alpha value is -1.75. The van der Waals surface area contributed by atoms with Crippen molar-refractivity contribution < 1.29 is 14.3 Å². The van der Waals surface area contributed by atoms with Crippen molar-refractivity contribution in [1.82, 2.24) is 4.90 Å². The van der Waals surface area contributed by atoms with Gasteiger partial charge in [-0.15, -0.1) is 0 Å². The van der Waals surface area contributed by atoms with Crippen LogP contribution in [0.3, 0.4) is 0 Å². The maximum atomic E-state index is 12.4. The summed E-state index contributed by atoms with van der Waals surface area (Å²) in [7, 11) is 0. The number of likely N-dealkylation sites (N-methyl/N-ethyl adjacent to an activating group) is 1. The molecule has 0 fully saturated rings. The van der Waals surface area contributed by atoms with Gasteiger partial charge in [-0.3, -0.25) is 4.79 Å². The molecule has 116 valence electrons. The van der Waals surface area contributed by atoms with Crippen molar-refractivity contribution in [3.63, 3.8) is 0 Å². The standard InChI is InChI=1S/C16H24N2O3/c1-4-18(16(19)13(17)7-11(2)3)9-12-5-6-14-15(8-12)21-10-20-14/h5-6,8,11,13H,4,7,9-10,17H2,1-3H3/t13-/m0/s1. The molecule has 1 aliphatic rings. The summed E-state index contributed by atoms with van der Waals surface area (Å²) in [6, 6.07) is 5.33. The molecule has 0 spiro atoms. The number of amides is 1. The minimum Gasteiger partial charge on any atom is -0.454 e. The molecule has 5 heteroatoms. The molecule has 1 aromatic rings. The predicted octanol–water partition coefficient (Wildman–Crippen LogP) is 2.14. The molecule has 1 aliphatic heterocycles. The van der Waals surface area contributed by atoms with E-state index >= 15 is 0 Å². The van der Waals surface area contributed by atoms with Crippen molar-refractivity contribution >= 4 is 5.91 Å². The van der Waals surface area contributed by atoms with Crippen molar-refractivity contribution in [3.8, 4) is 11.5 Å². The zero-order valence-electron chi connectivity index (χ0n) is 13.0. The van der Waals surface area contributed by atoms with Crippen LogP contribution in [0.25, 0.3) is 0 Å². The van der Waals surface area contributed by atoms with E-state index in [-0.39, 0.29) is 12.7 Å². The highest BCUT2D eigenvalue weighted by molar-refractivity contribution is 5.81. The van der Waals surface area contributed by atoms with Crippen LogP contribution in [-0.4, -0.2) is 30.2 Å². The number of carbonyl (C=O) groups is 1. The highest BCUT2D eigenvalue weighted by atomic mass is 16.7. The Kier molecular flexibility index (Phi) is 5.07. The van der Waals surface area contributed by atoms with E-state index in [2.05, 4.69) is 13.8 Å². The summed E-state index contributed by atoms with van der Waals surface area (Å²) in [6.45, 7) is 7.54. The third-order valence-electron chi connectivity index (χ3n) is 3.55. The lowest BCUT2D eigenvalue weighted by molar-refractivity contribution is -0.133. The van der Waals surface area contributed by atoms with Gasteiger partial charge in [0.2, 0.25) is 12.7 Å². The van der Waals surface area contributed by atoms with Crippen LogP contribution in [0.1, 0.15) is 32.8 Å². The van der Waals surface area contributed by atoms with E-state index in [0.29, 0.717) is 25.4 Å². The molecule has 0 bridgehead atoms. The Morgan fingerprint density at radius 1 is 1.33 bits per heavy atom. The monoisotopic (exact) mass is 292 g/mol. The second-order valence-corrected chi connectivity index (χ2v) is 5.78. The van der Waals surface area contributed by atoms with Crippen LogP contribution in [0.15, 0.2) is 18.2 Å². The van der Waals surface area contributed by atoms with E-state index in [1.807, 2.05) is 25.1 Å². The highest BCUT2D eigenvalue weighted by Crippen LogP contribution is 2.32. The number of ether oxygens (including phenoxy) is 2. The van der Waals surface area contributed by atoms with Crippen LogP contribution in [-0.2, 0) is 11.3 Å².